The normalized spacial score (nSPS) is 23.4. The van der Waals surface area contributed by atoms with Crippen molar-refractivity contribution in [2.24, 2.45) is 0 Å². The maximum atomic E-state index is 12.4. The molecule has 0 spiro atoms. The van der Waals surface area contributed by atoms with E-state index in [9.17, 15) is 14.4 Å². The van der Waals surface area contributed by atoms with Crippen LogP contribution in [0.15, 0.2) is 0 Å². The Kier molecular flexibility index (Phi) is 5.41. The highest BCUT2D eigenvalue weighted by Gasteiger charge is 2.35. The topological polar surface area (TPSA) is 87.7 Å². The van der Waals surface area contributed by atoms with E-state index in [-0.39, 0.29) is 24.4 Å². The largest absolute Gasteiger partial charge is 0.469 e. The molecule has 3 amide bonds. The van der Waals surface area contributed by atoms with E-state index in [0.717, 1.165) is 25.7 Å². The summed E-state index contributed by atoms with van der Waals surface area (Å²) in [7, 11) is 1.27. The van der Waals surface area contributed by atoms with Gasteiger partial charge in [0.25, 0.3) is 0 Å². The Hall–Kier alpha value is -1.79. The van der Waals surface area contributed by atoms with Crippen molar-refractivity contribution in [3.8, 4) is 0 Å². The van der Waals surface area contributed by atoms with Crippen LogP contribution in [0.5, 0.6) is 0 Å². The molecule has 7 heteroatoms. The van der Waals surface area contributed by atoms with Crippen LogP contribution in [0.3, 0.4) is 0 Å². The van der Waals surface area contributed by atoms with Crippen LogP contribution in [0.25, 0.3) is 0 Å². The summed E-state index contributed by atoms with van der Waals surface area (Å²) in [5.74, 6) is -0.794. The number of nitrogens with zero attached hydrogens (tertiary/aromatic N) is 1. The number of piperazine rings is 1. The lowest BCUT2D eigenvalue weighted by Gasteiger charge is -2.36. The molecule has 1 aliphatic heterocycles. The van der Waals surface area contributed by atoms with Gasteiger partial charge in [-0.25, -0.2) is 4.79 Å². The molecule has 0 aromatic carbocycles. The first-order chi connectivity index (χ1) is 10.1. The smallest absolute Gasteiger partial charge is 0.318 e. The molecule has 2 fully saturated rings. The first-order valence-corrected chi connectivity index (χ1v) is 7.53. The van der Waals surface area contributed by atoms with Gasteiger partial charge in [-0.2, -0.15) is 0 Å². The molecule has 2 aliphatic rings. The third-order valence-electron chi connectivity index (χ3n) is 4.11. The van der Waals surface area contributed by atoms with E-state index >= 15 is 0 Å². The molecule has 0 bridgehead atoms. The summed E-state index contributed by atoms with van der Waals surface area (Å²) in [6.07, 6.45) is 5.30. The van der Waals surface area contributed by atoms with Crippen LogP contribution >= 0.6 is 0 Å². The molecule has 21 heavy (non-hydrogen) atoms. The van der Waals surface area contributed by atoms with Crippen LogP contribution in [0, 0.1) is 0 Å². The van der Waals surface area contributed by atoms with Crippen molar-refractivity contribution in [3.05, 3.63) is 0 Å². The molecule has 1 aliphatic carbocycles. The van der Waals surface area contributed by atoms with E-state index in [4.69, 9.17) is 0 Å². The number of esters is 1. The van der Waals surface area contributed by atoms with Crippen molar-refractivity contribution >= 4 is 17.9 Å². The summed E-state index contributed by atoms with van der Waals surface area (Å²) in [6.45, 7) is 0.820. The maximum Gasteiger partial charge on any atom is 0.318 e. The number of rotatable bonds is 3. The van der Waals surface area contributed by atoms with E-state index in [1.54, 1.807) is 0 Å². The van der Waals surface area contributed by atoms with Crippen LogP contribution in [0.1, 0.15) is 38.5 Å². The number of carbonyl (C=O) groups excluding carboxylic acids is 3. The second-order valence-electron chi connectivity index (χ2n) is 5.56. The van der Waals surface area contributed by atoms with Gasteiger partial charge in [-0.3, -0.25) is 9.59 Å². The van der Waals surface area contributed by atoms with Crippen molar-refractivity contribution in [1.82, 2.24) is 15.5 Å². The predicted molar refractivity (Wildman–Crippen MR) is 75.5 cm³/mol. The molecule has 1 saturated heterocycles. The van der Waals surface area contributed by atoms with Gasteiger partial charge in [0.15, 0.2) is 0 Å². The fraction of sp³-hybridized carbons (Fsp3) is 0.786. The third-order valence-corrected chi connectivity index (χ3v) is 4.11. The average Bonchev–Trinajstić information content (AvgIpc) is 2.50. The Morgan fingerprint density at radius 3 is 2.71 bits per heavy atom. The van der Waals surface area contributed by atoms with Crippen LogP contribution in [0.4, 0.5) is 4.79 Å². The molecule has 7 nitrogen and oxygen atoms in total. The molecule has 0 aromatic rings. The number of nitrogens with one attached hydrogen (secondary N) is 2. The lowest BCUT2D eigenvalue weighted by atomic mass is 9.95. The summed E-state index contributed by atoms with van der Waals surface area (Å²) in [5.41, 5.74) is 0. The molecule has 1 atom stereocenters. The van der Waals surface area contributed by atoms with Crippen LogP contribution in [-0.4, -0.2) is 55.1 Å². The SMILES string of the molecule is COC(=O)C[C@@H]1C(=O)NCCN1C(=O)NC1CCCCC1. The van der Waals surface area contributed by atoms with E-state index in [1.807, 2.05) is 0 Å². The molecule has 2 N–H and O–H groups in total. The Labute approximate surface area is 124 Å². The minimum Gasteiger partial charge on any atom is -0.469 e. The van der Waals surface area contributed by atoms with Gasteiger partial charge in [-0.05, 0) is 12.8 Å². The summed E-state index contributed by atoms with van der Waals surface area (Å²) in [6, 6.07) is -0.865. The van der Waals surface area contributed by atoms with Crippen molar-refractivity contribution in [3.63, 3.8) is 0 Å². The summed E-state index contributed by atoms with van der Waals surface area (Å²) < 4.78 is 4.60. The van der Waals surface area contributed by atoms with Gasteiger partial charge in [0, 0.05) is 19.1 Å². The first kappa shape index (κ1) is 15.6. The van der Waals surface area contributed by atoms with Gasteiger partial charge < -0.3 is 20.3 Å². The molecule has 0 radical (unpaired) electrons. The van der Waals surface area contributed by atoms with Gasteiger partial charge >= 0.3 is 12.0 Å². The van der Waals surface area contributed by atoms with Crippen LogP contribution in [0.2, 0.25) is 0 Å². The van der Waals surface area contributed by atoms with Crippen LogP contribution < -0.4 is 10.6 Å². The zero-order chi connectivity index (χ0) is 15.2. The fourth-order valence-electron chi connectivity index (χ4n) is 2.91. The highest BCUT2D eigenvalue weighted by Crippen LogP contribution is 2.18. The molecular weight excluding hydrogens is 274 g/mol. The van der Waals surface area contributed by atoms with Gasteiger partial charge in [0.1, 0.15) is 6.04 Å². The summed E-state index contributed by atoms with van der Waals surface area (Å²) >= 11 is 0. The standard InChI is InChI=1S/C14H23N3O4/c1-21-12(18)9-11-13(19)15-7-8-17(11)14(20)16-10-5-3-2-4-6-10/h10-11H,2-9H2,1H3,(H,15,19)(H,16,20)/t11-/m1/s1. The third kappa shape index (κ3) is 4.09. The molecule has 1 saturated carbocycles. The minimum absolute atomic E-state index is 0.111. The number of hydrogen-bond acceptors (Lipinski definition) is 4. The molecule has 0 unspecified atom stereocenters. The molecule has 1 heterocycles. The monoisotopic (exact) mass is 297 g/mol. The van der Waals surface area contributed by atoms with Gasteiger partial charge in [0.2, 0.25) is 5.91 Å². The molecular formula is C14H23N3O4. The number of ether oxygens (including phenoxy) is 1. The zero-order valence-corrected chi connectivity index (χ0v) is 12.4. The Bertz CT molecular complexity index is 407. The van der Waals surface area contributed by atoms with Crippen molar-refractivity contribution in [2.75, 3.05) is 20.2 Å². The van der Waals surface area contributed by atoms with Crippen molar-refractivity contribution in [2.45, 2.75) is 50.6 Å². The Balaban J connectivity index is 1.97. The van der Waals surface area contributed by atoms with Gasteiger partial charge in [0.05, 0.1) is 13.5 Å². The van der Waals surface area contributed by atoms with Crippen molar-refractivity contribution in [1.29, 1.82) is 0 Å². The highest BCUT2D eigenvalue weighted by molar-refractivity contribution is 5.91. The van der Waals surface area contributed by atoms with Gasteiger partial charge in [-0.15, -0.1) is 0 Å². The van der Waals surface area contributed by atoms with E-state index < -0.39 is 12.0 Å². The average molecular weight is 297 g/mol. The highest BCUT2D eigenvalue weighted by atomic mass is 16.5. The van der Waals surface area contributed by atoms with Crippen molar-refractivity contribution < 1.29 is 19.1 Å². The van der Waals surface area contributed by atoms with Gasteiger partial charge in [-0.1, -0.05) is 19.3 Å². The maximum absolute atomic E-state index is 12.4. The summed E-state index contributed by atoms with van der Waals surface area (Å²) in [5, 5.41) is 5.67. The Morgan fingerprint density at radius 2 is 2.05 bits per heavy atom. The number of amides is 3. The van der Waals surface area contributed by atoms with E-state index in [0.29, 0.717) is 13.1 Å². The lowest BCUT2D eigenvalue weighted by molar-refractivity contribution is -0.145. The number of urea groups is 1. The van der Waals surface area contributed by atoms with E-state index in [1.165, 1.54) is 18.4 Å². The summed E-state index contributed by atoms with van der Waals surface area (Å²) in [4.78, 5) is 37.2. The molecule has 118 valence electrons. The van der Waals surface area contributed by atoms with E-state index in [2.05, 4.69) is 15.4 Å². The zero-order valence-electron chi connectivity index (χ0n) is 12.4. The quantitative estimate of drug-likeness (QED) is 0.738. The number of methoxy groups -OCH3 is 1. The second kappa shape index (κ2) is 7.28. The first-order valence-electron chi connectivity index (χ1n) is 7.53. The fourth-order valence-corrected chi connectivity index (χ4v) is 2.91. The number of carbonyl (C=O) groups is 3. The Morgan fingerprint density at radius 1 is 1.33 bits per heavy atom. The lowest BCUT2D eigenvalue weighted by Crippen LogP contribution is -2.61. The number of hydrogen-bond donors (Lipinski definition) is 2. The van der Waals surface area contributed by atoms with Crippen LogP contribution in [-0.2, 0) is 14.3 Å². The second-order valence-corrected chi connectivity index (χ2v) is 5.56. The predicted octanol–water partition coefficient (Wildman–Crippen LogP) is 0.392. The molecule has 2 rings (SSSR count). The minimum atomic E-state index is -0.783. The molecule has 0 aromatic heterocycles.